The molecule has 2 atom stereocenters. The lowest BCUT2D eigenvalue weighted by atomic mass is 9.74. The minimum Gasteiger partial charge on any atom is -0.496 e. The molecule has 1 aromatic carbocycles. The second-order valence-corrected chi connectivity index (χ2v) is 7.39. The average Bonchev–Trinajstić information content (AvgIpc) is 2.41. The lowest BCUT2D eigenvalue weighted by Gasteiger charge is -2.42. The van der Waals surface area contributed by atoms with Gasteiger partial charge < -0.3 is 10.1 Å². The second-order valence-electron chi connectivity index (χ2n) is 7.39. The third kappa shape index (κ3) is 3.42. The summed E-state index contributed by atoms with van der Waals surface area (Å²) in [5.41, 5.74) is 1.39. The number of ether oxygens (including phenoxy) is 1. The zero-order valence-electron chi connectivity index (χ0n) is 13.6. The summed E-state index contributed by atoms with van der Waals surface area (Å²) < 4.78 is 5.50. The van der Waals surface area contributed by atoms with Gasteiger partial charge in [-0.3, -0.25) is 0 Å². The van der Waals surface area contributed by atoms with E-state index in [9.17, 15) is 0 Å². The first-order chi connectivity index (χ1) is 10.2. The molecule has 0 aromatic heterocycles. The summed E-state index contributed by atoms with van der Waals surface area (Å²) in [5.74, 6) is 3.51. The van der Waals surface area contributed by atoms with Crippen LogP contribution in [0.15, 0.2) is 24.3 Å². The van der Waals surface area contributed by atoms with Crippen molar-refractivity contribution in [2.45, 2.75) is 64.0 Å². The maximum atomic E-state index is 5.50. The van der Waals surface area contributed by atoms with E-state index in [2.05, 4.69) is 43.4 Å². The van der Waals surface area contributed by atoms with Crippen molar-refractivity contribution >= 4 is 0 Å². The van der Waals surface area contributed by atoms with Gasteiger partial charge in [0.2, 0.25) is 0 Å². The van der Waals surface area contributed by atoms with Gasteiger partial charge >= 0.3 is 0 Å². The highest BCUT2D eigenvalue weighted by atomic mass is 16.5. The van der Waals surface area contributed by atoms with Crippen molar-refractivity contribution in [1.82, 2.24) is 5.32 Å². The Morgan fingerprint density at radius 1 is 0.905 bits per heavy atom. The summed E-state index contributed by atoms with van der Waals surface area (Å²) in [6.45, 7) is 4.81. The Bertz CT molecular complexity index is 456. The minimum atomic E-state index is 0.678. The first-order valence-electron chi connectivity index (χ1n) is 8.54. The fraction of sp³-hybridized carbons (Fsp3) is 0.684. The summed E-state index contributed by atoms with van der Waals surface area (Å²) in [5, 5.41) is 3.91. The monoisotopic (exact) mass is 287 g/mol. The normalized spacial score (nSPS) is 36.0. The third-order valence-corrected chi connectivity index (χ3v) is 5.37. The van der Waals surface area contributed by atoms with Gasteiger partial charge in [0.1, 0.15) is 5.75 Å². The summed E-state index contributed by atoms with van der Waals surface area (Å²) in [7, 11) is 1.78. The Labute approximate surface area is 129 Å². The number of para-hydroxylation sites is 1. The van der Waals surface area contributed by atoms with Gasteiger partial charge in [-0.05, 0) is 61.5 Å². The summed E-state index contributed by atoms with van der Waals surface area (Å²) >= 11 is 0. The molecule has 0 aliphatic heterocycles. The standard InChI is InChI=1S/C19H29NO/c1-13-8-14(2)10-16(9-13)20-17-11-15(12-17)18-6-4-5-7-19(18)21-3/h4-7,13-17,20H,8-12H2,1-3H3. The topological polar surface area (TPSA) is 21.3 Å². The van der Waals surface area contributed by atoms with E-state index in [1.165, 1.54) is 37.7 Å². The van der Waals surface area contributed by atoms with Crippen LogP contribution in [0.2, 0.25) is 0 Å². The Hall–Kier alpha value is -1.02. The van der Waals surface area contributed by atoms with Crippen LogP contribution in [-0.2, 0) is 0 Å². The SMILES string of the molecule is COc1ccccc1C1CC(NC2CC(C)CC(C)C2)C1. The van der Waals surface area contributed by atoms with Crippen molar-refractivity contribution in [2.75, 3.05) is 7.11 Å². The van der Waals surface area contributed by atoms with Gasteiger partial charge in [0.05, 0.1) is 7.11 Å². The quantitative estimate of drug-likeness (QED) is 0.888. The Morgan fingerprint density at radius 2 is 1.52 bits per heavy atom. The highest BCUT2D eigenvalue weighted by molar-refractivity contribution is 5.37. The number of hydrogen-bond donors (Lipinski definition) is 1. The molecule has 21 heavy (non-hydrogen) atoms. The maximum Gasteiger partial charge on any atom is 0.122 e. The number of methoxy groups -OCH3 is 1. The second kappa shape index (κ2) is 6.39. The van der Waals surface area contributed by atoms with Gasteiger partial charge in [-0.2, -0.15) is 0 Å². The molecule has 2 aliphatic rings. The molecule has 0 amide bonds. The smallest absolute Gasteiger partial charge is 0.122 e. The van der Waals surface area contributed by atoms with E-state index in [4.69, 9.17) is 4.74 Å². The molecular weight excluding hydrogens is 258 g/mol. The zero-order valence-corrected chi connectivity index (χ0v) is 13.6. The maximum absolute atomic E-state index is 5.50. The number of benzene rings is 1. The molecule has 2 fully saturated rings. The van der Waals surface area contributed by atoms with Crippen molar-refractivity contribution < 1.29 is 4.74 Å². The van der Waals surface area contributed by atoms with Crippen LogP contribution >= 0.6 is 0 Å². The molecule has 0 bridgehead atoms. The van der Waals surface area contributed by atoms with Crippen LogP contribution in [0.1, 0.15) is 57.4 Å². The largest absolute Gasteiger partial charge is 0.496 e. The van der Waals surface area contributed by atoms with Crippen LogP contribution in [-0.4, -0.2) is 19.2 Å². The van der Waals surface area contributed by atoms with Crippen molar-refractivity contribution in [2.24, 2.45) is 11.8 Å². The van der Waals surface area contributed by atoms with Crippen LogP contribution in [0, 0.1) is 11.8 Å². The first-order valence-corrected chi connectivity index (χ1v) is 8.54. The van der Waals surface area contributed by atoms with Gasteiger partial charge in [0.25, 0.3) is 0 Å². The molecule has 1 aromatic rings. The number of nitrogens with one attached hydrogen (secondary N) is 1. The van der Waals surface area contributed by atoms with Crippen LogP contribution in [0.5, 0.6) is 5.75 Å². The average molecular weight is 287 g/mol. The van der Waals surface area contributed by atoms with Gasteiger partial charge in [-0.15, -0.1) is 0 Å². The van der Waals surface area contributed by atoms with E-state index in [0.29, 0.717) is 12.0 Å². The van der Waals surface area contributed by atoms with Crippen molar-refractivity contribution in [3.05, 3.63) is 29.8 Å². The van der Waals surface area contributed by atoms with E-state index in [1.807, 2.05) is 0 Å². The van der Waals surface area contributed by atoms with Gasteiger partial charge in [0.15, 0.2) is 0 Å². The fourth-order valence-electron chi connectivity index (χ4n) is 4.43. The van der Waals surface area contributed by atoms with E-state index < -0.39 is 0 Å². The molecular formula is C19H29NO. The van der Waals surface area contributed by atoms with E-state index >= 15 is 0 Å². The number of rotatable bonds is 4. The predicted octanol–water partition coefficient (Wildman–Crippen LogP) is 4.36. The minimum absolute atomic E-state index is 0.678. The highest BCUT2D eigenvalue weighted by Gasteiger charge is 2.34. The van der Waals surface area contributed by atoms with E-state index in [1.54, 1.807) is 7.11 Å². The third-order valence-electron chi connectivity index (χ3n) is 5.37. The molecule has 2 unspecified atom stereocenters. The Kier molecular flexibility index (Phi) is 4.54. The van der Waals surface area contributed by atoms with Gasteiger partial charge in [-0.1, -0.05) is 32.0 Å². The Morgan fingerprint density at radius 3 is 2.19 bits per heavy atom. The number of hydrogen-bond acceptors (Lipinski definition) is 2. The molecule has 0 spiro atoms. The molecule has 2 aliphatic carbocycles. The van der Waals surface area contributed by atoms with Crippen molar-refractivity contribution in [3.63, 3.8) is 0 Å². The van der Waals surface area contributed by atoms with Crippen LogP contribution in [0.4, 0.5) is 0 Å². The molecule has 116 valence electrons. The molecule has 2 nitrogen and oxygen atoms in total. The molecule has 2 saturated carbocycles. The molecule has 2 heteroatoms. The molecule has 1 N–H and O–H groups in total. The first kappa shape index (κ1) is 14.9. The van der Waals surface area contributed by atoms with Gasteiger partial charge in [0, 0.05) is 12.1 Å². The zero-order chi connectivity index (χ0) is 14.8. The predicted molar refractivity (Wildman–Crippen MR) is 87.9 cm³/mol. The van der Waals surface area contributed by atoms with Crippen LogP contribution < -0.4 is 10.1 Å². The summed E-state index contributed by atoms with van der Waals surface area (Å²) in [6, 6.07) is 9.95. The molecule has 0 heterocycles. The molecule has 0 saturated heterocycles. The van der Waals surface area contributed by atoms with Gasteiger partial charge in [-0.25, -0.2) is 0 Å². The lowest BCUT2D eigenvalue weighted by molar-refractivity contribution is 0.187. The van der Waals surface area contributed by atoms with E-state index in [-0.39, 0.29) is 0 Å². The highest BCUT2D eigenvalue weighted by Crippen LogP contribution is 2.41. The fourth-order valence-corrected chi connectivity index (χ4v) is 4.43. The van der Waals surface area contributed by atoms with E-state index in [0.717, 1.165) is 23.6 Å². The summed E-state index contributed by atoms with van der Waals surface area (Å²) in [6.07, 6.45) is 6.66. The van der Waals surface area contributed by atoms with Crippen LogP contribution in [0.25, 0.3) is 0 Å². The lowest BCUT2D eigenvalue weighted by Crippen LogP contribution is -2.47. The Balaban J connectivity index is 1.52. The summed E-state index contributed by atoms with van der Waals surface area (Å²) in [4.78, 5) is 0. The molecule has 0 radical (unpaired) electrons. The van der Waals surface area contributed by atoms with Crippen molar-refractivity contribution in [3.8, 4) is 5.75 Å². The molecule has 3 rings (SSSR count). The van der Waals surface area contributed by atoms with Crippen LogP contribution in [0.3, 0.4) is 0 Å². The van der Waals surface area contributed by atoms with Crippen molar-refractivity contribution in [1.29, 1.82) is 0 Å².